The van der Waals surface area contributed by atoms with Crippen molar-refractivity contribution in [2.24, 2.45) is 0 Å². The second kappa shape index (κ2) is 4.14. The van der Waals surface area contributed by atoms with Gasteiger partial charge in [0.15, 0.2) is 0 Å². The summed E-state index contributed by atoms with van der Waals surface area (Å²) in [6.07, 6.45) is -0.409. The van der Waals surface area contributed by atoms with E-state index in [4.69, 9.17) is 4.74 Å². The van der Waals surface area contributed by atoms with E-state index in [0.717, 1.165) is 22.3 Å². The third-order valence-corrected chi connectivity index (χ3v) is 2.58. The van der Waals surface area contributed by atoms with Crippen molar-refractivity contribution in [3.05, 3.63) is 23.9 Å². The number of rotatable bonds is 3. The Balaban J connectivity index is 2.56. The normalized spacial score (nSPS) is 13.0. The maximum atomic E-state index is 9.41. The van der Waals surface area contributed by atoms with Crippen molar-refractivity contribution >= 4 is 10.9 Å². The number of nitrogens with zero attached hydrogens (tertiary/aromatic N) is 2. The Bertz CT molecular complexity index is 503. The number of fused-ring (bicyclic) bond motifs is 1. The lowest BCUT2D eigenvalue weighted by molar-refractivity contribution is 0.170. The highest BCUT2D eigenvalue weighted by Gasteiger charge is 2.09. The largest absolute Gasteiger partial charge is 0.497 e. The van der Waals surface area contributed by atoms with E-state index < -0.39 is 6.10 Å². The molecule has 1 unspecified atom stereocenters. The molecule has 0 amide bonds. The van der Waals surface area contributed by atoms with Crippen molar-refractivity contribution in [2.75, 3.05) is 7.11 Å². The number of hydrogen-bond donors (Lipinski definition) is 1. The summed E-state index contributed by atoms with van der Waals surface area (Å²) in [6.45, 7) is 4.22. The molecule has 0 radical (unpaired) electrons. The first kappa shape index (κ1) is 11.0. The van der Waals surface area contributed by atoms with Crippen molar-refractivity contribution < 1.29 is 9.84 Å². The first-order valence-corrected chi connectivity index (χ1v) is 5.31. The van der Waals surface area contributed by atoms with Gasteiger partial charge in [0, 0.05) is 11.5 Å². The van der Waals surface area contributed by atoms with Crippen molar-refractivity contribution in [3.63, 3.8) is 0 Å². The zero-order valence-corrected chi connectivity index (χ0v) is 9.77. The molecule has 0 saturated carbocycles. The Labute approximate surface area is 94.5 Å². The Morgan fingerprint density at radius 1 is 1.50 bits per heavy atom. The molecule has 16 heavy (non-hydrogen) atoms. The number of ether oxygens (including phenoxy) is 1. The van der Waals surface area contributed by atoms with Gasteiger partial charge in [-0.1, -0.05) is 0 Å². The lowest BCUT2D eigenvalue weighted by Crippen LogP contribution is -2.12. The van der Waals surface area contributed by atoms with Crippen LogP contribution in [0.4, 0.5) is 0 Å². The highest BCUT2D eigenvalue weighted by Crippen LogP contribution is 2.23. The molecule has 2 aromatic rings. The summed E-state index contributed by atoms with van der Waals surface area (Å²) in [5.41, 5.74) is 1.97. The fourth-order valence-corrected chi connectivity index (χ4v) is 1.84. The van der Waals surface area contributed by atoms with Crippen LogP contribution in [0.25, 0.3) is 10.9 Å². The molecule has 2 rings (SSSR count). The van der Waals surface area contributed by atoms with Crippen LogP contribution in [-0.2, 0) is 6.54 Å². The van der Waals surface area contributed by atoms with E-state index in [0.29, 0.717) is 6.54 Å². The van der Waals surface area contributed by atoms with Crippen LogP contribution >= 0.6 is 0 Å². The molecule has 0 spiro atoms. The average Bonchev–Trinajstić information content (AvgIpc) is 2.54. The minimum atomic E-state index is -0.409. The number of aryl methyl sites for hydroxylation is 1. The van der Waals surface area contributed by atoms with E-state index in [-0.39, 0.29) is 0 Å². The Kier molecular flexibility index (Phi) is 2.83. The summed E-state index contributed by atoms with van der Waals surface area (Å²) >= 11 is 0. The van der Waals surface area contributed by atoms with Gasteiger partial charge >= 0.3 is 0 Å². The number of methoxy groups -OCH3 is 1. The molecular formula is C12H16N2O2. The number of benzene rings is 1. The molecular weight excluding hydrogens is 204 g/mol. The van der Waals surface area contributed by atoms with Gasteiger partial charge in [-0.25, -0.2) is 0 Å². The van der Waals surface area contributed by atoms with Crippen LogP contribution in [0.3, 0.4) is 0 Å². The Hall–Kier alpha value is -1.55. The first-order chi connectivity index (χ1) is 7.61. The fourth-order valence-electron chi connectivity index (χ4n) is 1.84. The molecule has 0 fully saturated rings. The maximum Gasteiger partial charge on any atom is 0.121 e. The smallest absolute Gasteiger partial charge is 0.121 e. The standard InChI is InChI=1S/C12H16N2O2/c1-8(15)7-14-12-6-10(16-3)4-5-11(12)9(2)13-14/h4-6,8,15H,7H2,1-3H3. The third-order valence-electron chi connectivity index (χ3n) is 2.58. The quantitative estimate of drug-likeness (QED) is 0.857. The molecule has 4 nitrogen and oxygen atoms in total. The molecule has 1 N–H and O–H groups in total. The van der Waals surface area contributed by atoms with Crippen LogP contribution in [0.5, 0.6) is 5.75 Å². The summed E-state index contributed by atoms with van der Waals surface area (Å²) in [5.74, 6) is 0.805. The zero-order chi connectivity index (χ0) is 11.7. The monoisotopic (exact) mass is 220 g/mol. The van der Waals surface area contributed by atoms with Crippen molar-refractivity contribution in [1.82, 2.24) is 9.78 Å². The molecule has 0 saturated heterocycles. The highest BCUT2D eigenvalue weighted by atomic mass is 16.5. The minimum Gasteiger partial charge on any atom is -0.497 e. The molecule has 86 valence electrons. The van der Waals surface area contributed by atoms with E-state index in [2.05, 4.69) is 5.10 Å². The van der Waals surface area contributed by atoms with E-state index in [9.17, 15) is 5.11 Å². The molecule has 1 aromatic carbocycles. The number of hydrogen-bond acceptors (Lipinski definition) is 3. The molecule has 1 atom stereocenters. The van der Waals surface area contributed by atoms with E-state index in [1.54, 1.807) is 14.0 Å². The van der Waals surface area contributed by atoms with Gasteiger partial charge in [0.05, 0.1) is 31.0 Å². The minimum absolute atomic E-state index is 0.409. The molecule has 0 aliphatic rings. The fraction of sp³-hybridized carbons (Fsp3) is 0.417. The van der Waals surface area contributed by atoms with Crippen molar-refractivity contribution in [3.8, 4) is 5.75 Å². The van der Waals surface area contributed by atoms with Crippen LogP contribution in [-0.4, -0.2) is 28.1 Å². The molecule has 0 aliphatic heterocycles. The average molecular weight is 220 g/mol. The molecule has 0 bridgehead atoms. The van der Waals surface area contributed by atoms with Gasteiger partial charge < -0.3 is 9.84 Å². The van der Waals surface area contributed by atoms with Crippen LogP contribution in [0, 0.1) is 6.92 Å². The number of aliphatic hydroxyl groups is 1. The number of aliphatic hydroxyl groups excluding tert-OH is 1. The molecule has 1 heterocycles. The van der Waals surface area contributed by atoms with Gasteiger partial charge in [-0.3, -0.25) is 4.68 Å². The van der Waals surface area contributed by atoms with Crippen LogP contribution in [0.15, 0.2) is 18.2 Å². The van der Waals surface area contributed by atoms with E-state index in [1.807, 2.05) is 29.8 Å². The van der Waals surface area contributed by atoms with Gasteiger partial charge in [-0.05, 0) is 26.0 Å². The maximum absolute atomic E-state index is 9.41. The lowest BCUT2D eigenvalue weighted by atomic mass is 10.2. The first-order valence-electron chi connectivity index (χ1n) is 5.31. The SMILES string of the molecule is COc1ccc2c(C)nn(CC(C)O)c2c1. The molecule has 4 heteroatoms. The van der Waals surface area contributed by atoms with Crippen molar-refractivity contribution in [1.29, 1.82) is 0 Å². The van der Waals surface area contributed by atoms with Gasteiger partial charge in [-0.2, -0.15) is 5.10 Å². The van der Waals surface area contributed by atoms with Gasteiger partial charge in [0.25, 0.3) is 0 Å². The number of aromatic nitrogens is 2. The second-order valence-electron chi connectivity index (χ2n) is 4.00. The van der Waals surface area contributed by atoms with Gasteiger partial charge in [0.1, 0.15) is 5.75 Å². The summed E-state index contributed by atoms with van der Waals surface area (Å²) in [6, 6.07) is 5.86. The predicted octanol–water partition coefficient (Wildman–Crippen LogP) is 1.73. The van der Waals surface area contributed by atoms with Crippen LogP contribution in [0.1, 0.15) is 12.6 Å². The molecule has 1 aromatic heterocycles. The van der Waals surface area contributed by atoms with Gasteiger partial charge in [0.2, 0.25) is 0 Å². The summed E-state index contributed by atoms with van der Waals surface area (Å²) in [7, 11) is 1.64. The summed E-state index contributed by atoms with van der Waals surface area (Å²) in [5, 5.41) is 14.9. The summed E-state index contributed by atoms with van der Waals surface area (Å²) < 4.78 is 7.01. The second-order valence-corrected chi connectivity index (χ2v) is 4.00. The van der Waals surface area contributed by atoms with Crippen LogP contribution < -0.4 is 4.74 Å². The predicted molar refractivity (Wildman–Crippen MR) is 62.7 cm³/mol. The van der Waals surface area contributed by atoms with Crippen molar-refractivity contribution in [2.45, 2.75) is 26.5 Å². The van der Waals surface area contributed by atoms with Gasteiger partial charge in [-0.15, -0.1) is 0 Å². The molecule has 0 aliphatic carbocycles. The zero-order valence-electron chi connectivity index (χ0n) is 9.77. The van der Waals surface area contributed by atoms with E-state index in [1.165, 1.54) is 0 Å². The highest BCUT2D eigenvalue weighted by molar-refractivity contribution is 5.83. The lowest BCUT2D eigenvalue weighted by Gasteiger charge is -2.06. The topological polar surface area (TPSA) is 47.3 Å². The summed E-state index contributed by atoms with van der Waals surface area (Å²) in [4.78, 5) is 0. The Morgan fingerprint density at radius 2 is 2.25 bits per heavy atom. The van der Waals surface area contributed by atoms with E-state index >= 15 is 0 Å². The third kappa shape index (κ3) is 1.88. The van der Waals surface area contributed by atoms with Crippen LogP contribution in [0.2, 0.25) is 0 Å². The Morgan fingerprint density at radius 3 is 2.88 bits per heavy atom.